The molecule has 0 saturated carbocycles. The summed E-state index contributed by atoms with van der Waals surface area (Å²) in [6.07, 6.45) is 1.61. The number of carbonyl (C=O) groups is 2. The Morgan fingerprint density at radius 1 is 1.30 bits per heavy atom. The fraction of sp³-hybridized carbons (Fsp3) is 0.438. The number of halogens is 1. The Morgan fingerprint density at radius 2 is 1.91 bits per heavy atom. The minimum Gasteiger partial charge on any atom is -0.469 e. The molecular formula is C16H19ClN2O3S. The number of ether oxygens (including phenoxy) is 1. The zero-order chi connectivity index (χ0) is 16.8. The molecule has 0 spiro atoms. The summed E-state index contributed by atoms with van der Waals surface area (Å²) < 4.78 is 4.76. The lowest BCUT2D eigenvalue weighted by Crippen LogP contribution is -2.47. The quantitative estimate of drug-likeness (QED) is 0.666. The van der Waals surface area contributed by atoms with Gasteiger partial charge in [-0.25, -0.2) is 0 Å². The Kier molecular flexibility index (Phi) is 6.36. The molecule has 1 aromatic rings. The van der Waals surface area contributed by atoms with Crippen molar-refractivity contribution in [3.8, 4) is 0 Å². The van der Waals surface area contributed by atoms with E-state index in [1.165, 1.54) is 7.11 Å². The Labute approximate surface area is 145 Å². The van der Waals surface area contributed by atoms with Gasteiger partial charge in [0.25, 0.3) is 0 Å². The normalized spacial score (nSPS) is 15.1. The summed E-state index contributed by atoms with van der Waals surface area (Å²) in [6.45, 7) is 1.28. The van der Waals surface area contributed by atoms with Crippen molar-refractivity contribution in [2.45, 2.75) is 19.3 Å². The van der Waals surface area contributed by atoms with Gasteiger partial charge in [-0.15, -0.1) is 0 Å². The van der Waals surface area contributed by atoms with E-state index >= 15 is 0 Å². The van der Waals surface area contributed by atoms with Crippen LogP contribution in [0.1, 0.15) is 18.4 Å². The predicted molar refractivity (Wildman–Crippen MR) is 92.2 cm³/mol. The van der Waals surface area contributed by atoms with E-state index in [0.29, 0.717) is 36.1 Å². The van der Waals surface area contributed by atoms with Crippen molar-refractivity contribution < 1.29 is 14.3 Å². The fourth-order valence-corrected chi connectivity index (χ4v) is 2.94. The summed E-state index contributed by atoms with van der Waals surface area (Å²) >= 11 is 11.1. The number of piperidine rings is 1. The predicted octanol–water partition coefficient (Wildman–Crippen LogP) is 2.17. The number of carbonyl (C=O) groups excluding carboxylic acids is 2. The van der Waals surface area contributed by atoms with Crippen molar-refractivity contribution in [1.29, 1.82) is 0 Å². The zero-order valence-corrected chi connectivity index (χ0v) is 14.5. The Hall–Kier alpha value is -1.66. The molecule has 23 heavy (non-hydrogen) atoms. The van der Waals surface area contributed by atoms with Crippen molar-refractivity contribution in [2.24, 2.45) is 5.92 Å². The smallest absolute Gasteiger partial charge is 0.308 e. The minimum absolute atomic E-state index is 0.0798. The molecule has 1 amide bonds. The molecule has 1 aliphatic rings. The minimum atomic E-state index is -0.178. The second kappa shape index (κ2) is 8.26. The van der Waals surface area contributed by atoms with Crippen LogP contribution < -0.4 is 5.32 Å². The molecular weight excluding hydrogens is 336 g/mol. The number of nitrogens with zero attached hydrogens (tertiary/aromatic N) is 1. The van der Waals surface area contributed by atoms with E-state index in [4.69, 9.17) is 28.6 Å². The molecule has 0 bridgehead atoms. The highest BCUT2D eigenvalue weighted by molar-refractivity contribution is 7.80. The highest BCUT2D eigenvalue weighted by Crippen LogP contribution is 2.18. The Morgan fingerprint density at radius 3 is 2.48 bits per heavy atom. The molecule has 1 fully saturated rings. The molecule has 1 aromatic carbocycles. The first-order valence-electron chi connectivity index (χ1n) is 7.40. The maximum Gasteiger partial charge on any atom is 0.308 e. The van der Waals surface area contributed by atoms with Gasteiger partial charge >= 0.3 is 5.97 Å². The number of hydrogen-bond acceptors (Lipinski definition) is 4. The van der Waals surface area contributed by atoms with Gasteiger partial charge in [0.1, 0.15) is 0 Å². The van der Waals surface area contributed by atoms with Gasteiger partial charge in [-0.2, -0.15) is 0 Å². The van der Waals surface area contributed by atoms with Crippen LogP contribution in [0.2, 0.25) is 5.02 Å². The molecule has 0 unspecified atom stereocenters. The molecule has 2 rings (SSSR count). The van der Waals surface area contributed by atoms with Crippen LogP contribution in [-0.2, 0) is 20.7 Å². The van der Waals surface area contributed by atoms with Gasteiger partial charge < -0.3 is 15.0 Å². The number of hydrogen-bond donors (Lipinski definition) is 1. The molecule has 5 nitrogen and oxygen atoms in total. The summed E-state index contributed by atoms with van der Waals surface area (Å²) in [5, 5.41) is 3.79. The van der Waals surface area contributed by atoms with Crippen LogP contribution >= 0.6 is 23.8 Å². The number of methoxy groups -OCH3 is 1. The van der Waals surface area contributed by atoms with E-state index < -0.39 is 0 Å². The third-order valence-electron chi connectivity index (χ3n) is 3.84. The standard InChI is InChI=1S/C16H19ClN2O3S/c1-22-15(21)12-6-8-19(9-7-12)16(23)18-14(20)10-11-2-4-13(17)5-3-11/h2-5,12H,6-10H2,1H3,(H,18,20,23). The van der Waals surface area contributed by atoms with Gasteiger partial charge in [-0.3, -0.25) is 9.59 Å². The first kappa shape index (κ1) is 17.7. The molecule has 1 heterocycles. The van der Waals surface area contributed by atoms with E-state index in [9.17, 15) is 9.59 Å². The summed E-state index contributed by atoms with van der Waals surface area (Å²) in [4.78, 5) is 25.4. The van der Waals surface area contributed by atoms with Gasteiger partial charge in [0.15, 0.2) is 5.11 Å². The van der Waals surface area contributed by atoms with Gasteiger partial charge in [-0.05, 0) is 42.8 Å². The lowest BCUT2D eigenvalue weighted by molar-refractivity contribution is -0.146. The summed E-state index contributed by atoms with van der Waals surface area (Å²) in [6, 6.07) is 7.12. The van der Waals surface area contributed by atoms with Crippen LogP contribution in [0.4, 0.5) is 0 Å². The van der Waals surface area contributed by atoms with Crippen molar-refractivity contribution in [3.05, 3.63) is 34.9 Å². The number of rotatable bonds is 3. The van der Waals surface area contributed by atoms with Crippen LogP contribution in [0.25, 0.3) is 0 Å². The maximum atomic E-state index is 12.0. The van der Waals surface area contributed by atoms with Gasteiger partial charge in [0.2, 0.25) is 5.91 Å². The van der Waals surface area contributed by atoms with Gasteiger partial charge in [0, 0.05) is 18.1 Å². The topological polar surface area (TPSA) is 58.6 Å². The molecule has 0 aliphatic carbocycles. The summed E-state index contributed by atoms with van der Waals surface area (Å²) in [5.41, 5.74) is 0.874. The summed E-state index contributed by atoms with van der Waals surface area (Å²) in [5.74, 6) is -0.418. The average molecular weight is 355 g/mol. The highest BCUT2D eigenvalue weighted by Gasteiger charge is 2.27. The number of esters is 1. The average Bonchev–Trinajstić information content (AvgIpc) is 2.56. The lowest BCUT2D eigenvalue weighted by Gasteiger charge is -2.32. The third-order valence-corrected chi connectivity index (χ3v) is 4.45. The third kappa shape index (κ3) is 5.18. The lowest BCUT2D eigenvalue weighted by atomic mass is 9.97. The number of likely N-dealkylation sites (tertiary alicyclic amines) is 1. The SMILES string of the molecule is COC(=O)C1CCN(C(=S)NC(=O)Cc2ccc(Cl)cc2)CC1. The molecule has 1 aliphatic heterocycles. The molecule has 0 radical (unpaired) electrons. The van der Waals surface area contributed by atoms with Crippen LogP contribution in [0.15, 0.2) is 24.3 Å². The van der Waals surface area contributed by atoms with Crippen LogP contribution in [0.3, 0.4) is 0 Å². The van der Waals surface area contributed by atoms with Crippen molar-refractivity contribution >= 4 is 40.8 Å². The van der Waals surface area contributed by atoms with Crippen molar-refractivity contribution in [1.82, 2.24) is 10.2 Å². The van der Waals surface area contributed by atoms with Crippen LogP contribution in [0, 0.1) is 5.92 Å². The van der Waals surface area contributed by atoms with E-state index in [-0.39, 0.29) is 24.2 Å². The second-order valence-electron chi connectivity index (χ2n) is 5.44. The molecule has 0 atom stereocenters. The van der Waals surface area contributed by atoms with E-state index in [0.717, 1.165) is 5.56 Å². The van der Waals surface area contributed by atoms with Crippen LogP contribution in [-0.4, -0.2) is 42.1 Å². The van der Waals surface area contributed by atoms with Gasteiger partial charge in [-0.1, -0.05) is 23.7 Å². The molecule has 1 N–H and O–H groups in total. The Balaban J connectivity index is 1.79. The second-order valence-corrected chi connectivity index (χ2v) is 6.26. The van der Waals surface area contributed by atoms with Crippen LogP contribution in [0.5, 0.6) is 0 Å². The molecule has 1 saturated heterocycles. The number of thiocarbonyl (C=S) groups is 1. The van der Waals surface area contributed by atoms with E-state index in [2.05, 4.69) is 5.32 Å². The number of nitrogens with one attached hydrogen (secondary N) is 1. The van der Waals surface area contributed by atoms with Crippen molar-refractivity contribution in [2.75, 3.05) is 20.2 Å². The van der Waals surface area contributed by atoms with Gasteiger partial charge in [0.05, 0.1) is 19.4 Å². The summed E-state index contributed by atoms with van der Waals surface area (Å²) in [7, 11) is 1.40. The first-order valence-corrected chi connectivity index (χ1v) is 8.19. The zero-order valence-electron chi connectivity index (χ0n) is 12.9. The van der Waals surface area contributed by atoms with E-state index in [1.807, 2.05) is 17.0 Å². The highest BCUT2D eigenvalue weighted by atomic mass is 35.5. The fourth-order valence-electron chi connectivity index (χ4n) is 2.52. The largest absolute Gasteiger partial charge is 0.469 e. The maximum absolute atomic E-state index is 12.0. The molecule has 0 aromatic heterocycles. The van der Waals surface area contributed by atoms with Crippen molar-refractivity contribution in [3.63, 3.8) is 0 Å². The first-order chi connectivity index (χ1) is 11.0. The molecule has 124 valence electrons. The Bertz CT molecular complexity index is 583. The van der Waals surface area contributed by atoms with E-state index in [1.54, 1.807) is 12.1 Å². The monoisotopic (exact) mass is 354 g/mol. The molecule has 7 heteroatoms. The number of amides is 1. The number of benzene rings is 1.